The van der Waals surface area contributed by atoms with E-state index in [1.165, 1.54) is 5.71 Å². The fourth-order valence-corrected chi connectivity index (χ4v) is 3.33. The Morgan fingerprint density at radius 2 is 1.68 bits per heavy atom. The van der Waals surface area contributed by atoms with Crippen molar-refractivity contribution in [2.45, 2.75) is 33.2 Å². The van der Waals surface area contributed by atoms with Crippen LogP contribution < -0.4 is 5.32 Å². The lowest BCUT2D eigenvalue weighted by atomic mass is 10.1. The predicted octanol–water partition coefficient (Wildman–Crippen LogP) is 1.96. The van der Waals surface area contributed by atoms with E-state index in [1.807, 2.05) is 0 Å². The summed E-state index contributed by atoms with van der Waals surface area (Å²) in [6.45, 7) is 9.09. The predicted molar refractivity (Wildman–Crippen MR) is 81.9 cm³/mol. The van der Waals surface area contributed by atoms with Gasteiger partial charge in [-0.05, 0) is 25.8 Å². The number of nitrogens with zero attached hydrogens (tertiary/aromatic N) is 1. The molecule has 0 spiro atoms. The Labute approximate surface area is 119 Å². The second kappa shape index (κ2) is 10.5. The van der Waals surface area contributed by atoms with Gasteiger partial charge in [0, 0.05) is 39.6 Å². The molecule has 0 amide bonds. The lowest BCUT2D eigenvalue weighted by Gasteiger charge is -2.24. The molecule has 0 aromatic carbocycles. The van der Waals surface area contributed by atoms with Crippen LogP contribution in [0.1, 0.15) is 27.2 Å². The van der Waals surface area contributed by atoms with Crippen molar-refractivity contribution in [3.05, 3.63) is 0 Å². The maximum absolute atomic E-state index is 5.37. The summed E-state index contributed by atoms with van der Waals surface area (Å²) in [5, 5.41) is 3.37. The van der Waals surface area contributed by atoms with Crippen LogP contribution in [0.4, 0.5) is 0 Å². The van der Waals surface area contributed by atoms with E-state index < -0.39 is 8.80 Å². The van der Waals surface area contributed by atoms with Crippen LogP contribution in [0.2, 0.25) is 6.04 Å². The Morgan fingerprint density at radius 3 is 2.16 bits per heavy atom. The minimum absolute atomic E-state index is 0.539. The molecule has 0 atom stereocenters. The molecule has 0 saturated carbocycles. The minimum Gasteiger partial charge on any atom is -0.377 e. The van der Waals surface area contributed by atoms with Gasteiger partial charge >= 0.3 is 8.80 Å². The third kappa shape index (κ3) is 7.79. The third-order valence-electron chi connectivity index (χ3n) is 3.25. The average molecular weight is 290 g/mol. The van der Waals surface area contributed by atoms with Gasteiger partial charge in [0.1, 0.15) is 0 Å². The van der Waals surface area contributed by atoms with Gasteiger partial charge in [0.05, 0.1) is 6.54 Å². The number of aliphatic imine (C=N–C) groups is 1. The van der Waals surface area contributed by atoms with E-state index in [9.17, 15) is 0 Å². The highest BCUT2D eigenvalue weighted by Crippen LogP contribution is 2.14. The van der Waals surface area contributed by atoms with Gasteiger partial charge in [-0.25, -0.2) is 0 Å². The first kappa shape index (κ1) is 18.7. The largest absolute Gasteiger partial charge is 0.500 e. The Hall–Kier alpha value is -0.273. The maximum atomic E-state index is 5.37. The van der Waals surface area contributed by atoms with E-state index >= 15 is 0 Å². The standard InChI is InChI=1S/C13H30N2O3Si/c1-12(2)13(3)15-10-9-14-8-7-11-19(16-4,17-5)18-6/h12,14H,7-11H2,1-6H3. The zero-order valence-corrected chi connectivity index (χ0v) is 14.3. The summed E-state index contributed by atoms with van der Waals surface area (Å²) in [7, 11) is 2.56. The van der Waals surface area contributed by atoms with Crippen molar-refractivity contribution < 1.29 is 13.3 Å². The van der Waals surface area contributed by atoms with E-state index in [0.717, 1.165) is 32.1 Å². The van der Waals surface area contributed by atoms with Crippen LogP contribution in [0.5, 0.6) is 0 Å². The fourth-order valence-electron chi connectivity index (χ4n) is 1.60. The monoisotopic (exact) mass is 290 g/mol. The highest BCUT2D eigenvalue weighted by atomic mass is 28.4. The molecule has 0 bridgehead atoms. The Kier molecular flexibility index (Phi) is 10.4. The first-order valence-corrected chi connectivity index (χ1v) is 8.81. The van der Waals surface area contributed by atoms with Crippen molar-refractivity contribution in [1.82, 2.24) is 5.32 Å². The van der Waals surface area contributed by atoms with Crippen LogP contribution in [0.15, 0.2) is 4.99 Å². The van der Waals surface area contributed by atoms with Crippen LogP contribution >= 0.6 is 0 Å². The molecule has 0 aromatic rings. The number of nitrogens with one attached hydrogen (secondary N) is 1. The lowest BCUT2D eigenvalue weighted by molar-refractivity contribution is 0.123. The SMILES string of the molecule is CO[Si](CCCNCCN=C(C)C(C)C)(OC)OC. The van der Waals surface area contributed by atoms with Gasteiger partial charge in [0.15, 0.2) is 0 Å². The Bertz CT molecular complexity index is 248. The van der Waals surface area contributed by atoms with Crippen LogP contribution in [0, 0.1) is 5.92 Å². The van der Waals surface area contributed by atoms with Gasteiger partial charge in [0.2, 0.25) is 0 Å². The van der Waals surface area contributed by atoms with E-state index in [-0.39, 0.29) is 0 Å². The smallest absolute Gasteiger partial charge is 0.377 e. The van der Waals surface area contributed by atoms with Gasteiger partial charge < -0.3 is 18.6 Å². The molecule has 1 N–H and O–H groups in total. The first-order valence-electron chi connectivity index (χ1n) is 6.88. The summed E-state index contributed by atoms with van der Waals surface area (Å²) in [6, 6.07) is 0.831. The molecule has 0 aromatic heterocycles. The quantitative estimate of drug-likeness (QED) is 0.359. The van der Waals surface area contributed by atoms with Gasteiger partial charge in [0.25, 0.3) is 0 Å². The zero-order chi connectivity index (χ0) is 14.7. The fraction of sp³-hybridized carbons (Fsp3) is 0.923. The second-order valence-corrected chi connectivity index (χ2v) is 7.92. The first-order chi connectivity index (χ1) is 9.01. The molecule has 114 valence electrons. The van der Waals surface area contributed by atoms with Crippen LogP contribution in [0.25, 0.3) is 0 Å². The highest BCUT2D eigenvalue weighted by Gasteiger charge is 2.36. The van der Waals surface area contributed by atoms with Gasteiger partial charge in [-0.15, -0.1) is 0 Å². The maximum Gasteiger partial charge on any atom is 0.500 e. The molecule has 0 saturated heterocycles. The van der Waals surface area contributed by atoms with E-state index in [2.05, 4.69) is 31.1 Å². The topological polar surface area (TPSA) is 52.1 Å². The molecule has 5 nitrogen and oxygen atoms in total. The number of hydrogen-bond acceptors (Lipinski definition) is 5. The van der Waals surface area contributed by atoms with E-state index in [4.69, 9.17) is 13.3 Å². The van der Waals surface area contributed by atoms with Crippen molar-refractivity contribution in [2.75, 3.05) is 41.0 Å². The molecule has 0 heterocycles. The van der Waals surface area contributed by atoms with Crippen molar-refractivity contribution in [3.63, 3.8) is 0 Å². The molecule has 0 fully saturated rings. The van der Waals surface area contributed by atoms with Crippen molar-refractivity contribution in [3.8, 4) is 0 Å². The van der Waals surface area contributed by atoms with Crippen molar-refractivity contribution in [2.24, 2.45) is 10.9 Å². The summed E-state index contributed by atoms with van der Waals surface area (Å²) >= 11 is 0. The molecule has 0 aliphatic heterocycles. The summed E-state index contributed by atoms with van der Waals surface area (Å²) in [6.07, 6.45) is 0.981. The van der Waals surface area contributed by atoms with Gasteiger partial charge in [-0.2, -0.15) is 0 Å². The zero-order valence-electron chi connectivity index (χ0n) is 13.3. The lowest BCUT2D eigenvalue weighted by Crippen LogP contribution is -2.43. The van der Waals surface area contributed by atoms with Gasteiger partial charge in [-0.1, -0.05) is 13.8 Å². The van der Waals surface area contributed by atoms with Gasteiger partial charge in [-0.3, -0.25) is 4.99 Å². The van der Waals surface area contributed by atoms with Crippen LogP contribution in [-0.4, -0.2) is 55.5 Å². The Balaban J connectivity index is 3.68. The van der Waals surface area contributed by atoms with Crippen LogP contribution in [-0.2, 0) is 13.3 Å². The molecule has 0 aliphatic carbocycles. The molecular formula is C13H30N2O3Si. The third-order valence-corrected chi connectivity index (χ3v) is 6.09. The molecule has 6 heteroatoms. The normalized spacial score (nSPS) is 13.3. The summed E-state index contributed by atoms with van der Waals surface area (Å²) < 4.78 is 16.1. The number of rotatable bonds is 11. The number of hydrogen-bond donors (Lipinski definition) is 1. The molecule has 0 unspecified atom stereocenters. The summed E-state index contributed by atoms with van der Waals surface area (Å²) in [5.74, 6) is 0.539. The van der Waals surface area contributed by atoms with Crippen molar-refractivity contribution in [1.29, 1.82) is 0 Å². The van der Waals surface area contributed by atoms with Crippen molar-refractivity contribution >= 4 is 14.5 Å². The Morgan fingerprint density at radius 1 is 1.11 bits per heavy atom. The molecule has 19 heavy (non-hydrogen) atoms. The van der Waals surface area contributed by atoms with E-state index in [1.54, 1.807) is 21.3 Å². The summed E-state index contributed by atoms with van der Waals surface area (Å²) in [5.41, 5.74) is 1.21. The second-order valence-electron chi connectivity index (χ2n) is 4.83. The van der Waals surface area contributed by atoms with Crippen LogP contribution in [0.3, 0.4) is 0 Å². The molecule has 0 radical (unpaired) electrons. The summed E-state index contributed by atoms with van der Waals surface area (Å²) in [4.78, 5) is 4.51. The average Bonchev–Trinajstić information content (AvgIpc) is 2.42. The van der Waals surface area contributed by atoms with E-state index in [0.29, 0.717) is 5.92 Å². The minimum atomic E-state index is -2.39. The molecule has 0 rings (SSSR count). The molecular weight excluding hydrogens is 260 g/mol. The highest BCUT2D eigenvalue weighted by molar-refractivity contribution is 6.60. The molecule has 0 aliphatic rings.